The Morgan fingerprint density at radius 1 is 1.00 bits per heavy atom. The molecule has 2 aromatic carbocycles. The van der Waals surface area contributed by atoms with Crippen LogP contribution in [0, 0.1) is 0 Å². The highest BCUT2D eigenvalue weighted by molar-refractivity contribution is 5.79. The summed E-state index contributed by atoms with van der Waals surface area (Å²) < 4.78 is 11.0. The maximum Gasteiger partial charge on any atom is 0.191 e. The van der Waals surface area contributed by atoms with Gasteiger partial charge in [0.2, 0.25) is 0 Å². The molecule has 4 rings (SSSR count). The van der Waals surface area contributed by atoms with E-state index in [-0.39, 0.29) is 0 Å². The Morgan fingerprint density at radius 2 is 1.79 bits per heavy atom. The van der Waals surface area contributed by atoms with Gasteiger partial charge in [0.15, 0.2) is 5.96 Å². The van der Waals surface area contributed by atoms with Gasteiger partial charge in [-0.25, -0.2) is 0 Å². The van der Waals surface area contributed by atoms with Gasteiger partial charge in [0.25, 0.3) is 0 Å². The van der Waals surface area contributed by atoms with Crippen LogP contribution >= 0.6 is 0 Å². The number of nitrogens with one attached hydrogen (secondary N) is 2. The number of fused-ring (bicyclic) bond motifs is 1. The molecule has 2 N–H and O–H groups in total. The number of hydrogen-bond donors (Lipinski definition) is 2. The van der Waals surface area contributed by atoms with Crippen molar-refractivity contribution in [3.8, 4) is 5.75 Å². The first-order valence-electron chi connectivity index (χ1n) is 10.4. The molecule has 0 atom stereocenters. The van der Waals surface area contributed by atoms with Crippen LogP contribution < -0.4 is 20.3 Å². The predicted molar refractivity (Wildman–Crippen MR) is 117 cm³/mol. The second kappa shape index (κ2) is 9.65. The molecule has 0 saturated carbocycles. The number of hydrogen-bond acceptors (Lipinski definition) is 4. The minimum atomic E-state index is 0.749. The summed E-state index contributed by atoms with van der Waals surface area (Å²) in [6.45, 7) is 5.95. The summed E-state index contributed by atoms with van der Waals surface area (Å²) >= 11 is 0. The van der Waals surface area contributed by atoms with Crippen LogP contribution in [0.15, 0.2) is 47.5 Å². The normalized spacial score (nSPS) is 16.3. The quantitative estimate of drug-likeness (QED) is 0.582. The van der Waals surface area contributed by atoms with Gasteiger partial charge in [0.05, 0.1) is 19.8 Å². The molecule has 0 unspecified atom stereocenters. The first-order valence-corrected chi connectivity index (χ1v) is 10.4. The molecule has 2 aromatic rings. The van der Waals surface area contributed by atoms with Crippen molar-refractivity contribution in [1.29, 1.82) is 0 Å². The number of guanidine groups is 1. The van der Waals surface area contributed by atoms with E-state index in [9.17, 15) is 0 Å². The molecule has 0 aromatic heterocycles. The topological polar surface area (TPSA) is 58.1 Å². The van der Waals surface area contributed by atoms with Crippen molar-refractivity contribution >= 4 is 11.6 Å². The molecule has 29 heavy (non-hydrogen) atoms. The third-order valence-electron chi connectivity index (χ3n) is 5.46. The maximum absolute atomic E-state index is 5.58. The van der Waals surface area contributed by atoms with E-state index in [1.165, 1.54) is 22.4 Å². The minimum absolute atomic E-state index is 0.749. The van der Waals surface area contributed by atoms with Crippen LogP contribution in [0.2, 0.25) is 0 Å². The van der Waals surface area contributed by atoms with Crippen LogP contribution in [0.25, 0.3) is 0 Å². The molecule has 0 bridgehead atoms. The van der Waals surface area contributed by atoms with Crippen LogP contribution in [0.5, 0.6) is 5.75 Å². The van der Waals surface area contributed by atoms with Crippen LogP contribution in [-0.4, -0.2) is 52.5 Å². The molecule has 0 aliphatic carbocycles. The Morgan fingerprint density at radius 3 is 2.59 bits per heavy atom. The Bertz CT molecular complexity index is 829. The standard InChI is InChI=1S/C23H30N4O2/c1-24-23(25-10-8-18-4-7-22-20(16-18)9-13-29-22)26-17-19-2-5-21(6-3-19)27-11-14-28-15-12-27/h2-7,16H,8-15,17H2,1H3,(H2,24,25,26). The van der Waals surface area contributed by atoms with Crippen LogP contribution in [0.4, 0.5) is 5.69 Å². The molecule has 154 valence electrons. The number of aliphatic imine (C=N–C) groups is 1. The summed E-state index contributed by atoms with van der Waals surface area (Å²) in [7, 11) is 1.81. The fraction of sp³-hybridized carbons (Fsp3) is 0.435. The van der Waals surface area contributed by atoms with Gasteiger partial charge in [-0.15, -0.1) is 0 Å². The average molecular weight is 395 g/mol. The van der Waals surface area contributed by atoms with E-state index in [4.69, 9.17) is 9.47 Å². The average Bonchev–Trinajstić information content (AvgIpc) is 3.25. The number of ether oxygens (including phenoxy) is 2. The predicted octanol–water partition coefficient (Wildman–Crippen LogP) is 2.37. The number of rotatable bonds is 6. The Labute approximate surface area is 172 Å². The summed E-state index contributed by atoms with van der Waals surface area (Å²) in [5.41, 5.74) is 5.16. The fourth-order valence-corrected chi connectivity index (χ4v) is 3.77. The number of nitrogens with zero attached hydrogens (tertiary/aromatic N) is 2. The van der Waals surface area contributed by atoms with E-state index in [1.54, 1.807) is 0 Å². The molecule has 2 aliphatic rings. The van der Waals surface area contributed by atoms with Gasteiger partial charge in [-0.3, -0.25) is 4.99 Å². The molecular weight excluding hydrogens is 364 g/mol. The van der Waals surface area contributed by atoms with Gasteiger partial charge >= 0.3 is 0 Å². The smallest absolute Gasteiger partial charge is 0.191 e. The van der Waals surface area contributed by atoms with Crippen molar-refractivity contribution in [3.05, 3.63) is 59.2 Å². The van der Waals surface area contributed by atoms with Gasteiger partial charge in [-0.05, 0) is 41.3 Å². The van der Waals surface area contributed by atoms with E-state index >= 15 is 0 Å². The minimum Gasteiger partial charge on any atom is -0.493 e. The van der Waals surface area contributed by atoms with Crippen LogP contribution in [0.3, 0.4) is 0 Å². The monoisotopic (exact) mass is 394 g/mol. The molecule has 0 radical (unpaired) electrons. The maximum atomic E-state index is 5.58. The summed E-state index contributed by atoms with van der Waals surface area (Å²) in [6.07, 6.45) is 1.98. The van der Waals surface area contributed by atoms with Crippen molar-refractivity contribution in [2.45, 2.75) is 19.4 Å². The van der Waals surface area contributed by atoms with Gasteiger partial charge in [-0.1, -0.05) is 24.3 Å². The lowest BCUT2D eigenvalue weighted by Crippen LogP contribution is -2.38. The number of benzene rings is 2. The summed E-state index contributed by atoms with van der Waals surface area (Å²) in [4.78, 5) is 6.70. The van der Waals surface area contributed by atoms with Gasteiger partial charge in [0.1, 0.15) is 5.75 Å². The van der Waals surface area contributed by atoms with E-state index < -0.39 is 0 Å². The van der Waals surface area contributed by atoms with Crippen LogP contribution in [0.1, 0.15) is 16.7 Å². The Hall–Kier alpha value is -2.73. The highest BCUT2D eigenvalue weighted by Crippen LogP contribution is 2.25. The SMILES string of the molecule is CN=C(NCCc1ccc2c(c1)CCO2)NCc1ccc(N2CCOCC2)cc1. The Balaban J connectivity index is 1.22. The molecule has 0 spiro atoms. The second-order valence-electron chi connectivity index (χ2n) is 7.41. The second-order valence-corrected chi connectivity index (χ2v) is 7.41. The number of anilines is 1. The zero-order valence-electron chi connectivity index (χ0n) is 17.1. The lowest BCUT2D eigenvalue weighted by atomic mass is 10.1. The zero-order valence-corrected chi connectivity index (χ0v) is 17.1. The van der Waals surface area contributed by atoms with E-state index in [2.05, 4.69) is 63.0 Å². The highest BCUT2D eigenvalue weighted by Gasteiger charge is 2.12. The lowest BCUT2D eigenvalue weighted by Gasteiger charge is -2.28. The summed E-state index contributed by atoms with van der Waals surface area (Å²) in [5, 5.41) is 6.80. The molecule has 2 heterocycles. The molecule has 1 saturated heterocycles. The van der Waals surface area contributed by atoms with Crippen molar-refractivity contribution in [3.63, 3.8) is 0 Å². The molecule has 6 heteroatoms. The van der Waals surface area contributed by atoms with Crippen molar-refractivity contribution in [1.82, 2.24) is 10.6 Å². The molecule has 6 nitrogen and oxygen atoms in total. The van der Waals surface area contributed by atoms with Crippen molar-refractivity contribution < 1.29 is 9.47 Å². The van der Waals surface area contributed by atoms with E-state index in [1.807, 2.05) is 7.05 Å². The molecule has 0 amide bonds. The van der Waals surface area contributed by atoms with Gasteiger partial charge in [-0.2, -0.15) is 0 Å². The van der Waals surface area contributed by atoms with Crippen LogP contribution in [-0.2, 0) is 24.1 Å². The third-order valence-corrected chi connectivity index (χ3v) is 5.46. The third kappa shape index (κ3) is 5.21. The van der Waals surface area contributed by atoms with E-state index in [0.717, 1.165) is 70.6 Å². The van der Waals surface area contributed by atoms with Gasteiger partial charge < -0.3 is 25.0 Å². The Kier molecular flexibility index (Phi) is 6.52. The first-order chi connectivity index (χ1) is 14.3. The summed E-state index contributed by atoms with van der Waals surface area (Å²) in [5.74, 6) is 1.87. The van der Waals surface area contributed by atoms with Gasteiger partial charge in [0, 0.05) is 45.3 Å². The fourth-order valence-electron chi connectivity index (χ4n) is 3.77. The van der Waals surface area contributed by atoms with E-state index in [0.29, 0.717) is 0 Å². The first kappa shape index (κ1) is 19.6. The summed E-state index contributed by atoms with van der Waals surface area (Å²) in [6, 6.07) is 15.2. The molecular formula is C23H30N4O2. The zero-order chi connectivity index (χ0) is 19.9. The number of morpholine rings is 1. The molecule has 2 aliphatic heterocycles. The highest BCUT2D eigenvalue weighted by atomic mass is 16.5. The van der Waals surface area contributed by atoms with Crippen molar-refractivity contribution in [2.75, 3.05) is 51.4 Å². The molecule has 1 fully saturated rings. The lowest BCUT2D eigenvalue weighted by molar-refractivity contribution is 0.122. The van der Waals surface area contributed by atoms with Crippen molar-refractivity contribution in [2.24, 2.45) is 4.99 Å². The largest absolute Gasteiger partial charge is 0.493 e.